The fourth-order valence-corrected chi connectivity index (χ4v) is 3.80. The Hall–Kier alpha value is -1.66. The van der Waals surface area contributed by atoms with Gasteiger partial charge in [0, 0.05) is 25.3 Å². The molecule has 5 nitrogen and oxygen atoms in total. The lowest BCUT2D eigenvalue weighted by molar-refractivity contribution is -0.0349. The van der Waals surface area contributed by atoms with Crippen LogP contribution in [0.2, 0.25) is 0 Å². The number of amides is 1. The van der Waals surface area contributed by atoms with Crippen molar-refractivity contribution in [3.63, 3.8) is 0 Å². The zero-order valence-electron chi connectivity index (χ0n) is 13.9. The minimum absolute atomic E-state index is 0.130. The molecule has 2 fully saturated rings. The van der Waals surface area contributed by atoms with Crippen molar-refractivity contribution in [1.29, 1.82) is 0 Å². The molecular weight excluding hydrogens is 311 g/mol. The number of nitrogens with one attached hydrogen (secondary N) is 1. The van der Waals surface area contributed by atoms with Crippen molar-refractivity contribution in [3.8, 4) is 5.75 Å². The van der Waals surface area contributed by atoms with Crippen LogP contribution in [0.1, 0.15) is 42.5 Å². The Kier molecular flexibility index (Phi) is 5.36. The molecule has 2 saturated heterocycles. The number of phenolic OH excluding ortho intramolecular Hbond substituents is 1. The standard InChI is InChI=1S/C18H25FN2O3/c19-14-5-4-6-15(22)16(14)17(23)20-13-18(7-11-24-12-8-18)21-9-2-1-3-10-21/h4-6,22H,1-3,7-13H2,(H,20,23). The van der Waals surface area contributed by atoms with E-state index in [0.717, 1.165) is 25.9 Å². The molecule has 2 heterocycles. The van der Waals surface area contributed by atoms with Crippen molar-refractivity contribution in [3.05, 3.63) is 29.6 Å². The average molecular weight is 336 g/mol. The summed E-state index contributed by atoms with van der Waals surface area (Å²) in [5, 5.41) is 12.6. The van der Waals surface area contributed by atoms with Crippen LogP contribution in [0.4, 0.5) is 4.39 Å². The van der Waals surface area contributed by atoms with Gasteiger partial charge in [0.25, 0.3) is 5.91 Å². The highest BCUT2D eigenvalue weighted by Crippen LogP contribution is 2.30. The Morgan fingerprint density at radius 3 is 2.62 bits per heavy atom. The van der Waals surface area contributed by atoms with Gasteiger partial charge in [-0.1, -0.05) is 12.5 Å². The molecule has 0 aromatic heterocycles. The smallest absolute Gasteiger partial charge is 0.258 e. The van der Waals surface area contributed by atoms with Crippen LogP contribution >= 0.6 is 0 Å². The summed E-state index contributed by atoms with van der Waals surface area (Å²) in [7, 11) is 0. The largest absolute Gasteiger partial charge is 0.507 e. The molecule has 6 heteroatoms. The van der Waals surface area contributed by atoms with Crippen molar-refractivity contribution < 1.29 is 19.0 Å². The number of halogens is 1. The van der Waals surface area contributed by atoms with Crippen molar-refractivity contribution >= 4 is 5.91 Å². The number of likely N-dealkylation sites (tertiary alicyclic amines) is 1. The van der Waals surface area contributed by atoms with Crippen LogP contribution in [0, 0.1) is 5.82 Å². The predicted molar refractivity (Wildman–Crippen MR) is 88.6 cm³/mol. The van der Waals surface area contributed by atoms with Crippen LogP contribution in [0.15, 0.2) is 18.2 Å². The molecule has 2 aliphatic rings. The summed E-state index contributed by atoms with van der Waals surface area (Å²) in [6.07, 6.45) is 5.31. The maximum Gasteiger partial charge on any atom is 0.258 e. The van der Waals surface area contributed by atoms with E-state index in [1.165, 1.54) is 37.5 Å². The lowest BCUT2D eigenvalue weighted by Crippen LogP contribution is -2.59. The summed E-state index contributed by atoms with van der Waals surface area (Å²) in [5.74, 6) is -1.59. The third-order valence-electron chi connectivity index (χ3n) is 5.25. The average Bonchev–Trinajstić information content (AvgIpc) is 2.61. The lowest BCUT2D eigenvalue weighted by atomic mass is 9.86. The molecule has 1 amide bonds. The SMILES string of the molecule is O=C(NCC1(N2CCCCC2)CCOCC1)c1c(O)cccc1F. The first-order valence-electron chi connectivity index (χ1n) is 8.71. The van der Waals surface area contributed by atoms with E-state index in [9.17, 15) is 14.3 Å². The van der Waals surface area contributed by atoms with E-state index in [-0.39, 0.29) is 16.9 Å². The van der Waals surface area contributed by atoms with E-state index in [4.69, 9.17) is 4.74 Å². The summed E-state index contributed by atoms with van der Waals surface area (Å²) < 4.78 is 19.4. The van der Waals surface area contributed by atoms with Crippen LogP contribution in [-0.4, -0.2) is 54.3 Å². The second kappa shape index (κ2) is 7.49. The number of phenols is 1. The van der Waals surface area contributed by atoms with Gasteiger partial charge < -0.3 is 15.2 Å². The van der Waals surface area contributed by atoms with Gasteiger partial charge in [-0.15, -0.1) is 0 Å². The van der Waals surface area contributed by atoms with Crippen LogP contribution in [0.25, 0.3) is 0 Å². The Morgan fingerprint density at radius 2 is 1.96 bits per heavy atom. The van der Waals surface area contributed by atoms with Gasteiger partial charge in [-0.25, -0.2) is 4.39 Å². The number of hydrogen-bond donors (Lipinski definition) is 2. The maximum atomic E-state index is 13.9. The molecule has 0 bridgehead atoms. The normalized spacial score (nSPS) is 21.4. The van der Waals surface area contributed by atoms with Gasteiger partial charge in [0.05, 0.1) is 0 Å². The summed E-state index contributed by atoms with van der Waals surface area (Å²) in [6, 6.07) is 3.89. The van der Waals surface area contributed by atoms with E-state index in [1.54, 1.807) is 0 Å². The van der Waals surface area contributed by atoms with Gasteiger partial charge in [0.1, 0.15) is 17.1 Å². The second-order valence-corrected chi connectivity index (χ2v) is 6.70. The van der Waals surface area contributed by atoms with Gasteiger partial charge in [0.2, 0.25) is 0 Å². The van der Waals surface area contributed by atoms with E-state index >= 15 is 0 Å². The molecule has 2 N–H and O–H groups in total. The molecule has 1 aromatic carbocycles. The lowest BCUT2D eigenvalue weighted by Gasteiger charge is -2.48. The Balaban J connectivity index is 1.72. The molecule has 0 spiro atoms. The fourth-order valence-electron chi connectivity index (χ4n) is 3.80. The number of aromatic hydroxyl groups is 1. The highest BCUT2D eigenvalue weighted by Gasteiger charge is 2.39. The van der Waals surface area contributed by atoms with Crippen molar-refractivity contribution in [2.45, 2.75) is 37.6 Å². The number of carbonyl (C=O) groups excluding carboxylic acids is 1. The molecule has 0 atom stereocenters. The van der Waals surface area contributed by atoms with E-state index in [1.807, 2.05) is 0 Å². The number of nitrogens with zero attached hydrogens (tertiary/aromatic N) is 1. The number of piperidine rings is 1. The third kappa shape index (κ3) is 3.54. The Morgan fingerprint density at radius 1 is 1.25 bits per heavy atom. The zero-order chi connectivity index (χ0) is 17.0. The Bertz CT molecular complexity index is 561. The highest BCUT2D eigenvalue weighted by atomic mass is 19.1. The van der Waals surface area contributed by atoms with Gasteiger partial charge in [0.15, 0.2) is 0 Å². The predicted octanol–water partition coefficient (Wildman–Crippen LogP) is 2.30. The molecule has 3 rings (SSSR count). The number of ether oxygens (including phenoxy) is 1. The minimum atomic E-state index is -0.702. The van der Waals surface area contributed by atoms with Crippen molar-refractivity contribution in [1.82, 2.24) is 10.2 Å². The van der Waals surface area contributed by atoms with E-state index < -0.39 is 11.7 Å². The zero-order valence-corrected chi connectivity index (χ0v) is 13.9. The molecule has 0 radical (unpaired) electrons. The minimum Gasteiger partial charge on any atom is -0.507 e. The first-order chi connectivity index (χ1) is 11.6. The third-order valence-corrected chi connectivity index (χ3v) is 5.25. The topological polar surface area (TPSA) is 61.8 Å². The first kappa shape index (κ1) is 17.2. The van der Waals surface area contributed by atoms with Crippen LogP contribution in [0.5, 0.6) is 5.75 Å². The molecule has 0 saturated carbocycles. The molecule has 0 aliphatic carbocycles. The monoisotopic (exact) mass is 336 g/mol. The first-order valence-corrected chi connectivity index (χ1v) is 8.71. The molecule has 132 valence electrons. The molecule has 2 aliphatic heterocycles. The summed E-state index contributed by atoms with van der Waals surface area (Å²) in [4.78, 5) is 14.9. The quantitative estimate of drug-likeness (QED) is 0.886. The summed E-state index contributed by atoms with van der Waals surface area (Å²) >= 11 is 0. The van der Waals surface area contributed by atoms with Gasteiger partial charge >= 0.3 is 0 Å². The molecule has 1 aromatic rings. The van der Waals surface area contributed by atoms with Gasteiger partial charge in [-0.05, 0) is 50.9 Å². The van der Waals surface area contributed by atoms with Gasteiger partial charge in [-0.2, -0.15) is 0 Å². The van der Waals surface area contributed by atoms with Crippen LogP contribution < -0.4 is 5.32 Å². The molecule has 0 unspecified atom stereocenters. The fraction of sp³-hybridized carbons (Fsp3) is 0.611. The number of benzene rings is 1. The second-order valence-electron chi connectivity index (χ2n) is 6.70. The number of carbonyl (C=O) groups is 1. The van der Waals surface area contributed by atoms with Crippen molar-refractivity contribution in [2.75, 3.05) is 32.8 Å². The van der Waals surface area contributed by atoms with Crippen LogP contribution in [-0.2, 0) is 4.74 Å². The molecular formula is C18H25FN2O3. The van der Waals surface area contributed by atoms with Crippen LogP contribution in [0.3, 0.4) is 0 Å². The van der Waals surface area contributed by atoms with Crippen molar-refractivity contribution in [2.24, 2.45) is 0 Å². The van der Waals surface area contributed by atoms with Gasteiger partial charge in [-0.3, -0.25) is 9.69 Å². The van der Waals surface area contributed by atoms with E-state index in [2.05, 4.69) is 10.2 Å². The summed E-state index contributed by atoms with van der Waals surface area (Å²) in [6.45, 7) is 3.86. The number of rotatable bonds is 4. The summed E-state index contributed by atoms with van der Waals surface area (Å²) in [5.41, 5.74) is -0.409. The maximum absolute atomic E-state index is 13.9. The highest BCUT2D eigenvalue weighted by molar-refractivity contribution is 5.97. The molecule has 24 heavy (non-hydrogen) atoms. The van der Waals surface area contributed by atoms with E-state index in [0.29, 0.717) is 19.8 Å². The Labute approximate surface area is 141 Å². The number of hydrogen-bond acceptors (Lipinski definition) is 4.